The maximum Gasteiger partial charge on any atom is 0.256 e. The van der Waals surface area contributed by atoms with E-state index in [0.29, 0.717) is 41.2 Å². The third-order valence-corrected chi connectivity index (χ3v) is 5.85. The maximum absolute atomic E-state index is 14.1. The van der Waals surface area contributed by atoms with Crippen molar-refractivity contribution in [1.82, 2.24) is 4.57 Å². The van der Waals surface area contributed by atoms with Crippen LogP contribution >= 0.6 is 0 Å². The fourth-order valence-corrected chi connectivity index (χ4v) is 4.06. The standard InChI is InChI=1S/C27H24FN3O5/c1-34-20-8-6-19(7-9-20)29-15-18-12-17-13-24-25(36-11-10-35-24)14-23(17)31(27(18)33)16-26(32)30-22-5-3-2-4-21(22)28/h2-9,12-14,29H,10-11,15-16H2,1H3,(H,30,32). The van der Waals surface area contributed by atoms with Gasteiger partial charge in [-0.3, -0.25) is 14.2 Å². The summed E-state index contributed by atoms with van der Waals surface area (Å²) in [7, 11) is 1.59. The van der Waals surface area contributed by atoms with Gasteiger partial charge in [-0.15, -0.1) is 0 Å². The minimum atomic E-state index is -0.555. The van der Waals surface area contributed by atoms with Crippen LogP contribution in [0.25, 0.3) is 10.9 Å². The minimum absolute atomic E-state index is 0.0475. The van der Waals surface area contributed by atoms with E-state index < -0.39 is 11.7 Å². The van der Waals surface area contributed by atoms with Gasteiger partial charge in [0.15, 0.2) is 11.5 Å². The zero-order valence-electron chi connectivity index (χ0n) is 19.5. The molecule has 0 atom stereocenters. The number of amides is 1. The van der Waals surface area contributed by atoms with Gasteiger partial charge in [0.1, 0.15) is 31.3 Å². The molecule has 0 fully saturated rings. The fraction of sp³-hybridized carbons (Fsp3) is 0.185. The molecule has 0 spiro atoms. The third-order valence-electron chi connectivity index (χ3n) is 5.85. The Morgan fingerprint density at radius 1 is 1.03 bits per heavy atom. The van der Waals surface area contributed by atoms with Gasteiger partial charge in [0, 0.05) is 29.2 Å². The topological polar surface area (TPSA) is 90.8 Å². The number of benzene rings is 3. The average Bonchev–Trinajstić information content (AvgIpc) is 2.90. The van der Waals surface area contributed by atoms with Crippen LogP contribution in [0.5, 0.6) is 17.2 Å². The number of aromatic nitrogens is 1. The lowest BCUT2D eigenvalue weighted by atomic mass is 10.1. The molecule has 4 aromatic rings. The van der Waals surface area contributed by atoms with Gasteiger partial charge < -0.3 is 24.8 Å². The molecule has 9 heteroatoms. The molecule has 3 aromatic carbocycles. The molecule has 0 unspecified atom stereocenters. The van der Waals surface area contributed by atoms with Crippen LogP contribution in [0.15, 0.2) is 71.5 Å². The van der Waals surface area contributed by atoms with Gasteiger partial charge in [0.2, 0.25) is 5.91 Å². The molecule has 2 heterocycles. The van der Waals surface area contributed by atoms with Crippen molar-refractivity contribution in [2.24, 2.45) is 0 Å². The van der Waals surface area contributed by atoms with E-state index in [1.165, 1.54) is 22.8 Å². The molecule has 36 heavy (non-hydrogen) atoms. The highest BCUT2D eigenvalue weighted by Gasteiger charge is 2.19. The Labute approximate surface area is 206 Å². The van der Waals surface area contributed by atoms with E-state index in [4.69, 9.17) is 14.2 Å². The predicted molar refractivity (Wildman–Crippen MR) is 135 cm³/mol. The number of nitrogens with one attached hydrogen (secondary N) is 2. The Morgan fingerprint density at radius 3 is 2.47 bits per heavy atom. The van der Waals surface area contributed by atoms with Gasteiger partial charge in [0.05, 0.1) is 18.3 Å². The zero-order valence-corrected chi connectivity index (χ0v) is 19.5. The van der Waals surface area contributed by atoms with Crippen molar-refractivity contribution in [2.45, 2.75) is 13.1 Å². The number of para-hydroxylation sites is 1. The van der Waals surface area contributed by atoms with Crippen molar-refractivity contribution in [3.8, 4) is 17.2 Å². The molecular formula is C27H24FN3O5. The highest BCUT2D eigenvalue weighted by Crippen LogP contribution is 2.34. The highest BCUT2D eigenvalue weighted by molar-refractivity contribution is 5.92. The smallest absolute Gasteiger partial charge is 0.256 e. The first kappa shape index (κ1) is 23.2. The first-order chi connectivity index (χ1) is 17.5. The van der Waals surface area contributed by atoms with Gasteiger partial charge in [-0.05, 0) is 48.5 Å². The minimum Gasteiger partial charge on any atom is -0.497 e. The number of carbonyl (C=O) groups is 1. The zero-order chi connectivity index (χ0) is 25.1. The van der Waals surface area contributed by atoms with Gasteiger partial charge in [-0.2, -0.15) is 0 Å². The van der Waals surface area contributed by atoms with E-state index in [1.54, 1.807) is 31.4 Å². The Kier molecular flexibility index (Phi) is 6.44. The van der Waals surface area contributed by atoms with Crippen LogP contribution in [-0.4, -0.2) is 30.8 Å². The first-order valence-corrected chi connectivity index (χ1v) is 11.4. The third kappa shape index (κ3) is 4.81. The van der Waals surface area contributed by atoms with Crippen LogP contribution in [0.4, 0.5) is 15.8 Å². The van der Waals surface area contributed by atoms with Gasteiger partial charge in [-0.25, -0.2) is 4.39 Å². The lowest BCUT2D eigenvalue weighted by molar-refractivity contribution is -0.116. The van der Waals surface area contributed by atoms with Crippen LogP contribution in [0.1, 0.15) is 5.56 Å². The molecular weight excluding hydrogens is 465 g/mol. The van der Waals surface area contributed by atoms with Gasteiger partial charge in [0.25, 0.3) is 5.56 Å². The largest absolute Gasteiger partial charge is 0.497 e. The van der Waals surface area contributed by atoms with Crippen molar-refractivity contribution >= 4 is 28.2 Å². The molecule has 1 aromatic heterocycles. The Morgan fingerprint density at radius 2 is 1.75 bits per heavy atom. The summed E-state index contributed by atoms with van der Waals surface area (Å²) in [6.07, 6.45) is 0. The number of pyridine rings is 1. The second kappa shape index (κ2) is 9.99. The van der Waals surface area contributed by atoms with E-state index in [2.05, 4.69) is 10.6 Å². The molecule has 0 saturated carbocycles. The number of halogens is 1. The number of carbonyl (C=O) groups excluding carboxylic acids is 1. The van der Waals surface area contributed by atoms with Crippen molar-refractivity contribution in [2.75, 3.05) is 31.0 Å². The van der Waals surface area contributed by atoms with Crippen LogP contribution < -0.4 is 30.4 Å². The molecule has 1 aliphatic heterocycles. The van der Waals surface area contributed by atoms with E-state index in [0.717, 1.165) is 11.4 Å². The number of fused-ring (bicyclic) bond motifs is 2. The van der Waals surface area contributed by atoms with Crippen molar-refractivity contribution in [3.05, 3.63) is 88.5 Å². The Hall–Kier alpha value is -4.53. The van der Waals surface area contributed by atoms with Gasteiger partial charge in [-0.1, -0.05) is 12.1 Å². The monoisotopic (exact) mass is 489 g/mol. The number of hydrogen-bond donors (Lipinski definition) is 2. The molecule has 0 aliphatic carbocycles. The second-order valence-electron chi connectivity index (χ2n) is 8.23. The SMILES string of the molecule is COc1ccc(NCc2cc3cc4c(cc3n(CC(=O)Nc3ccccc3F)c2=O)OCCO4)cc1. The Balaban J connectivity index is 1.50. The molecule has 1 amide bonds. The Bertz CT molecular complexity index is 1480. The van der Waals surface area contributed by atoms with Crippen LogP contribution in [-0.2, 0) is 17.9 Å². The molecule has 0 saturated heterocycles. The van der Waals surface area contributed by atoms with E-state index in [1.807, 2.05) is 24.3 Å². The number of nitrogens with zero attached hydrogens (tertiary/aromatic N) is 1. The number of ether oxygens (including phenoxy) is 3. The molecule has 0 radical (unpaired) electrons. The fourth-order valence-electron chi connectivity index (χ4n) is 4.06. The summed E-state index contributed by atoms with van der Waals surface area (Å²) >= 11 is 0. The maximum atomic E-state index is 14.1. The highest BCUT2D eigenvalue weighted by atomic mass is 19.1. The molecule has 1 aliphatic rings. The van der Waals surface area contributed by atoms with Crippen molar-refractivity contribution in [3.63, 3.8) is 0 Å². The number of anilines is 2. The molecule has 2 N–H and O–H groups in total. The quantitative estimate of drug-likeness (QED) is 0.405. The lowest BCUT2D eigenvalue weighted by Gasteiger charge is -2.21. The number of methoxy groups -OCH3 is 1. The van der Waals surface area contributed by atoms with Crippen LogP contribution in [0, 0.1) is 5.82 Å². The molecule has 184 valence electrons. The second-order valence-corrected chi connectivity index (χ2v) is 8.23. The van der Waals surface area contributed by atoms with Crippen molar-refractivity contribution in [1.29, 1.82) is 0 Å². The molecule has 0 bridgehead atoms. The van der Waals surface area contributed by atoms with Crippen molar-refractivity contribution < 1.29 is 23.4 Å². The summed E-state index contributed by atoms with van der Waals surface area (Å²) in [4.78, 5) is 26.4. The summed E-state index contributed by atoms with van der Waals surface area (Å²) < 4.78 is 32.0. The van der Waals surface area contributed by atoms with Gasteiger partial charge >= 0.3 is 0 Å². The lowest BCUT2D eigenvalue weighted by Crippen LogP contribution is -2.31. The van der Waals surface area contributed by atoms with Crippen LogP contribution in [0.2, 0.25) is 0 Å². The molecule has 8 nitrogen and oxygen atoms in total. The summed E-state index contributed by atoms with van der Waals surface area (Å²) in [6.45, 7) is 0.736. The van der Waals surface area contributed by atoms with E-state index >= 15 is 0 Å². The number of rotatable bonds is 7. The van der Waals surface area contributed by atoms with E-state index in [-0.39, 0.29) is 24.3 Å². The first-order valence-electron chi connectivity index (χ1n) is 11.4. The summed E-state index contributed by atoms with van der Waals surface area (Å²) in [5.41, 5.74) is 1.48. The summed E-state index contributed by atoms with van der Waals surface area (Å²) in [6, 6.07) is 18.5. The normalized spacial score (nSPS) is 12.3. The van der Waals surface area contributed by atoms with E-state index in [9.17, 15) is 14.0 Å². The predicted octanol–water partition coefficient (Wildman–Crippen LogP) is 4.17. The molecule has 5 rings (SSSR count). The summed E-state index contributed by atoms with van der Waals surface area (Å²) in [5, 5.41) is 6.49. The average molecular weight is 490 g/mol. The number of hydrogen-bond acceptors (Lipinski definition) is 6. The van der Waals surface area contributed by atoms with Crippen LogP contribution in [0.3, 0.4) is 0 Å². The summed E-state index contributed by atoms with van der Waals surface area (Å²) in [5.74, 6) is 0.713.